The van der Waals surface area contributed by atoms with Crippen molar-refractivity contribution < 1.29 is 4.74 Å². The topological polar surface area (TPSA) is 24.5 Å². The highest BCUT2D eigenvalue weighted by molar-refractivity contribution is 9.10. The molecule has 3 nitrogen and oxygen atoms in total. The second kappa shape index (κ2) is 14.9. The first-order valence-electron chi connectivity index (χ1n) is 11.2. The molecule has 0 aliphatic rings. The number of halogens is 2. The number of rotatable bonds is 15. The van der Waals surface area contributed by atoms with Crippen LogP contribution < -0.4 is 10.1 Å². The van der Waals surface area contributed by atoms with Crippen LogP contribution in [0, 0.1) is 0 Å². The van der Waals surface area contributed by atoms with Gasteiger partial charge in [-0.05, 0) is 81.3 Å². The van der Waals surface area contributed by atoms with Crippen LogP contribution in [0.25, 0.3) is 0 Å². The zero-order chi connectivity index (χ0) is 21.6. The third kappa shape index (κ3) is 9.82. The van der Waals surface area contributed by atoms with Gasteiger partial charge in [-0.3, -0.25) is 0 Å². The summed E-state index contributed by atoms with van der Waals surface area (Å²) in [6.45, 7) is 10.5. The van der Waals surface area contributed by atoms with Gasteiger partial charge in [0.1, 0.15) is 12.4 Å². The molecule has 166 valence electrons. The minimum Gasteiger partial charge on any atom is -0.489 e. The van der Waals surface area contributed by atoms with E-state index in [4.69, 9.17) is 16.3 Å². The maximum Gasteiger partial charge on any atom is 0.124 e. The maximum atomic E-state index is 6.09. The standard InChI is InChI=1S/C25H36BrClN2O/c1-3-5-14-29(15-6-4-2)16-8-13-28-19-22-18-23(26)11-12-25(22)30-20-21-9-7-10-24(27)17-21/h7,9-12,17-18,28H,3-6,8,13-16,19-20H2,1-2H3. The first kappa shape index (κ1) is 25.2. The number of ether oxygens (including phenoxy) is 1. The van der Waals surface area contributed by atoms with Crippen molar-refractivity contribution >= 4 is 27.5 Å². The van der Waals surface area contributed by atoms with Crippen molar-refractivity contribution in [2.75, 3.05) is 26.2 Å². The summed E-state index contributed by atoms with van der Waals surface area (Å²) < 4.78 is 7.16. The number of hydrogen-bond donors (Lipinski definition) is 1. The molecule has 0 unspecified atom stereocenters. The van der Waals surface area contributed by atoms with Crippen LogP contribution in [0.2, 0.25) is 5.02 Å². The molecule has 5 heteroatoms. The molecule has 0 heterocycles. The molecular formula is C25H36BrClN2O. The van der Waals surface area contributed by atoms with Crippen LogP contribution in [-0.4, -0.2) is 31.1 Å². The van der Waals surface area contributed by atoms with Crippen LogP contribution in [0.4, 0.5) is 0 Å². The third-order valence-corrected chi connectivity index (χ3v) is 5.83. The first-order valence-corrected chi connectivity index (χ1v) is 12.4. The van der Waals surface area contributed by atoms with Gasteiger partial charge in [0.05, 0.1) is 0 Å². The lowest BCUT2D eigenvalue weighted by atomic mass is 10.2. The van der Waals surface area contributed by atoms with Crippen molar-refractivity contribution in [2.24, 2.45) is 0 Å². The normalized spacial score (nSPS) is 11.2. The highest BCUT2D eigenvalue weighted by atomic mass is 79.9. The summed E-state index contributed by atoms with van der Waals surface area (Å²) in [7, 11) is 0. The quantitative estimate of drug-likeness (QED) is 0.268. The van der Waals surface area contributed by atoms with Crippen molar-refractivity contribution in [3.63, 3.8) is 0 Å². The second-order valence-corrected chi connectivity index (χ2v) is 9.10. The van der Waals surface area contributed by atoms with E-state index in [9.17, 15) is 0 Å². The first-order chi connectivity index (χ1) is 14.6. The maximum absolute atomic E-state index is 6.09. The van der Waals surface area contributed by atoms with Crippen molar-refractivity contribution in [3.8, 4) is 5.75 Å². The predicted octanol–water partition coefficient (Wildman–Crippen LogP) is 7.06. The molecule has 0 atom stereocenters. The molecule has 0 saturated carbocycles. The van der Waals surface area contributed by atoms with Gasteiger partial charge in [-0.2, -0.15) is 0 Å². The largest absolute Gasteiger partial charge is 0.489 e. The molecule has 0 aromatic heterocycles. The highest BCUT2D eigenvalue weighted by Gasteiger charge is 2.07. The van der Waals surface area contributed by atoms with Crippen LogP contribution in [0.3, 0.4) is 0 Å². The molecule has 2 aromatic carbocycles. The molecule has 2 rings (SSSR count). The van der Waals surface area contributed by atoms with E-state index in [1.165, 1.54) is 57.3 Å². The SMILES string of the molecule is CCCCN(CCCC)CCCNCc1cc(Br)ccc1OCc1cccc(Cl)c1. The zero-order valence-corrected chi connectivity index (χ0v) is 20.8. The van der Waals surface area contributed by atoms with E-state index in [1.807, 2.05) is 36.4 Å². The minimum absolute atomic E-state index is 0.513. The fourth-order valence-electron chi connectivity index (χ4n) is 3.36. The van der Waals surface area contributed by atoms with Gasteiger partial charge in [-0.1, -0.05) is 66.4 Å². The summed E-state index contributed by atoms with van der Waals surface area (Å²) >= 11 is 9.66. The van der Waals surface area contributed by atoms with Gasteiger partial charge in [0, 0.05) is 21.6 Å². The summed E-state index contributed by atoms with van der Waals surface area (Å²) in [6, 6.07) is 14.0. The molecule has 0 bridgehead atoms. The number of hydrogen-bond acceptors (Lipinski definition) is 3. The molecule has 2 aromatic rings. The van der Waals surface area contributed by atoms with Gasteiger partial charge < -0.3 is 15.0 Å². The summed E-state index contributed by atoms with van der Waals surface area (Å²) in [5.41, 5.74) is 2.24. The smallest absolute Gasteiger partial charge is 0.124 e. The third-order valence-electron chi connectivity index (χ3n) is 5.11. The molecule has 0 aliphatic heterocycles. The Bertz CT molecular complexity index is 733. The molecule has 0 saturated heterocycles. The van der Waals surface area contributed by atoms with Crippen molar-refractivity contribution in [1.82, 2.24) is 10.2 Å². The molecule has 1 N–H and O–H groups in total. The Morgan fingerprint density at radius 1 is 0.967 bits per heavy atom. The van der Waals surface area contributed by atoms with E-state index >= 15 is 0 Å². The van der Waals surface area contributed by atoms with Gasteiger partial charge in [-0.25, -0.2) is 0 Å². The summed E-state index contributed by atoms with van der Waals surface area (Å²) in [5, 5.41) is 4.33. The van der Waals surface area contributed by atoms with Crippen LogP contribution in [0.5, 0.6) is 5.75 Å². The Kier molecular flexibility index (Phi) is 12.5. The van der Waals surface area contributed by atoms with Crippen molar-refractivity contribution in [1.29, 1.82) is 0 Å². The lowest BCUT2D eigenvalue weighted by Crippen LogP contribution is -2.29. The van der Waals surface area contributed by atoms with Crippen LogP contribution >= 0.6 is 27.5 Å². The fourth-order valence-corrected chi connectivity index (χ4v) is 3.99. The Labute approximate surface area is 196 Å². The lowest BCUT2D eigenvalue weighted by Gasteiger charge is -2.22. The molecule has 30 heavy (non-hydrogen) atoms. The fraction of sp³-hybridized carbons (Fsp3) is 0.520. The Morgan fingerprint density at radius 3 is 2.40 bits per heavy atom. The number of nitrogens with one attached hydrogen (secondary N) is 1. The van der Waals surface area contributed by atoms with Crippen LogP contribution in [-0.2, 0) is 13.2 Å². The Balaban J connectivity index is 1.80. The summed E-state index contributed by atoms with van der Waals surface area (Å²) in [5.74, 6) is 0.915. The van der Waals surface area contributed by atoms with E-state index in [-0.39, 0.29) is 0 Å². The van der Waals surface area contributed by atoms with Crippen LogP contribution in [0.15, 0.2) is 46.9 Å². The Morgan fingerprint density at radius 2 is 1.70 bits per heavy atom. The zero-order valence-electron chi connectivity index (χ0n) is 18.4. The van der Waals surface area contributed by atoms with E-state index in [2.05, 4.69) is 46.1 Å². The average molecular weight is 496 g/mol. The monoisotopic (exact) mass is 494 g/mol. The number of unbranched alkanes of at least 4 members (excludes halogenated alkanes) is 2. The van der Waals surface area contributed by atoms with E-state index in [1.54, 1.807) is 0 Å². The van der Waals surface area contributed by atoms with E-state index < -0.39 is 0 Å². The van der Waals surface area contributed by atoms with Gasteiger partial charge in [0.25, 0.3) is 0 Å². The van der Waals surface area contributed by atoms with Crippen LogP contribution in [0.1, 0.15) is 57.1 Å². The lowest BCUT2D eigenvalue weighted by molar-refractivity contribution is 0.260. The molecule has 0 aliphatic carbocycles. The number of nitrogens with zero attached hydrogens (tertiary/aromatic N) is 1. The van der Waals surface area contributed by atoms with Gasteiger partial charge >= 0.3 is 0 Å². The predicted molar refractivity (Wildman–Crippen MR) is 133 cm³/mol. The molecule has 0 radical (unpaired) electrons. The van der Waals surface area contributed by atoms with E-state index in [0.29, 0.717) is 6.61 Å². The van der Waals surface area contributed by atoms with Gasteiger partial charge in [0.15, 0.2) is 0 Å². The second-order valence-electron chi connectivity index (χ2n) is 7.75. The van der Waals surface area contributed by atoms with Crippen molar-refractivity contribution in [3.05, 3.63) is 63.1 Å². The summed E-state index contributed by atoms with van der Waals surface area (Å²) in [4.78, 5) is 2.62. The molecular weight excluding hydrogens is 460 g/mol. The van der Waals surface area contributed by atoms with Crippen molar-refractivity contribution in [2.45, 2.75) is 59.1 Å². The molecule has 0 fully saturated rings. The van der Waals surface area contributed by atoms with E-state index in [0.717, 1.165) is 33.9 Å². The minimum atomic E-state index is 0.513. The summed E-state index contributed by atoms with van der Waals surface area (Å²) in [6.07, 6.45) is 6.29. The molecule has 0 spiro atoms. The average Bonchev–Trinajstić information content (AvgIpc) is 2.74. The number of benzene rings is 2. The van der Waals surface area contributed by atoms with Gasteiger partial charge in [-0.15, -0.1) is 0 Å². The molecule has 0 amide bonds. The highest BCUT2D eigenvalue weighted by Crippen LogP contribution is 2.24. The van der Waals surface area contributed by atoms with Gasteiger partial charge in [0.2, 0.25) is 0 Å². The Hall–Kier alpha value is -1.07.